The summed E-state index contributed by atoms with van der Waals surface area (Å²) in [4.78, 5) is 1.25. The second-order valence-corrected chi connectivity index (χ2v) is 6.88. The molecule has 0 radical (unpaired) electrons. The summed E-state index contributed by atoms with van der Waals surface area (Å²) in [6.07, 6.45) is 5.67. The van der Waals surface area contributed by atoms with Crippen LogP contribution in [0.15, 0.2) is 10.5 Å². The van der Waals surface area contributed by atoms with E-state index in [2.05, 4.69) is 27.3 Å². The zero-order valence-corrected chi connectivity index (χ0v) is 12.8. The van der Waals surface area contributed by atoms with E-state index >= 15 is 0 Å². The molecule has 5 heteroatoms. The first-order valence-corrected chi connectivity index (χ1v) is 8.00. The van der Waals surface area contributed by atoms with Crippen molar-refractivity contribution < 1.29 is 4.74 Å². The Bertz CT molecular complexity index is 333. The number of rotatable bonds is 6. The van der Waals surface area contributed by atoms with E-state index in [1.54, 1.807) is 11.3 Å². The Morgan fingerprint density at radius 3 is 2.88 bits per heavy atom. The molecule has 1 saturated carbocycles. The fourth-order valence-corrected chi connectivity index (χ4v) is 3.80. The number of hydrogen-bond donors (Lipinski definition) is 1. The van der Waals surface area contributed by atoms with Gasteiger partial charge in [-0.05, 0) is 34.8 Å². The molecule has 1 aromatic rings. The molecule has 1 heterocycles. The third-order valence-electron chi connectivity index (χ3n) is 2.93. The average molecular weight is 339 g/mol. The van der Waals surface area contributed by atoms with E-state index in [1.165, 1.54) is 30.6 Å². The van der Waals surface area contributed by atoms with Crippen molar-refractivity contribution >= 4 is 38.9 Å². The van der Waals surface area contributed by atoms with Crippen LogP contribution in [0.5, 0.6) is 0 Å². The third kappa shape index (κ3) is 4.52. The minimum Gasteiger partial charge on any atom is -0.377 e. The number of ether oxygens (including phenoxy) is 1. The van der Waals surface area contributed by atoms with Crippen molar-refractivity contribution in [2.45, 2.75) is 38.3 Å². The first kappa shape index (κ1) is 13.8. The maximum atomic E-state index is 5.97. The summed E-state index contributed by atoms with van der Waals surface area (Å²) in [5.41, 5.74) is 0. The summed E-state index contributed by atoms with van der Waals surface area (Å²) in [6.45, 7) is 2.58. The van der Waals surface area contributed by atoms with Crippen LogP contribution in [0, 0.1) is 0 Å². The molecule has 1 fully saturated rings. The quantitative estimate of drug-likeness (QED) is 0.784. The molecule has 96 valence electrons. The predicted molar refractivity (Wildman–Crippen MR) is 76.9 cm³/mol. The fraction of sp³-hybridized carbons (Fsp3) is 0.667. The van der Waals surface area contributed by atoms with Crippen LogP contribution in [0.4, 0.5) is 0 Å². The Kier molecular flexibility index (Phi) is 5.77. The Hall–Kier alpha value is 0.390. The van der Waals surface area contributed by atoms with Crippen molar-refractivity contribution in [3.8, 4) is 0 Å². The van der Waals surface area contributed by atoms with Gasteiger partial charge in [-0.1, -0.05) is 24.4 Å². The lowest BCUT2D eigenvalue weighted by Gasteiger charge is -2.10. The predicted octanol–water partition coefficient (Wildman–Crippen LogP) is 4.21. The van der Waals surface area contributed by atoms with Crippen molar-refractivity contribution in [3.63, 3.8) is 0 Å². The fourth-order valence-electron chi connectivity index (χ4n) is 2.04. The lowest BCUT2D eigenvalue weighted by molar-refractivity contribution is 0.0603. The maximum Gasteiger partial charge on any atom is 0.107 e. The standard InChI is InChI=1S/C12H17BrClNOS/c13-11-7-10(17-12(11)14)8-15-5-6-16-9-3-1-2-4-9/h7,9,15H,1-6,8H2. The molecule has 2 nitrogen and oxygen atoms in total. The highest BCUT2D eigenvalue weighted by atomic mass is 79.9. The largest absolute Gasteiger partial charge is 0.377 e. The van der Waals surface area contributed by atoms with Gasteiger partial charge in [0, 0.05) is 22.4 Å². The summed E-state index contributed by atoms with van der Waals surface area (Å²) < 4.78 is 7.59. The normalized spacial score (nSPS) is 16.8. The van der Waals surface area contributed by atoms with Gasteiger partial charge in [-0.3, -0.25) is 0 Å². The first-order chi connectivity index (χ1) is 8.25. The molecular weight excluding hydrogens is 322 g/mol. The van der Waals surface area contributed by atoms with Gasteiger partial charge in [0.05, 0.1) is 12.7 Å². The van der Waals surface area contributed by atoms with Crippen LogP contribution in [0.2, 0.25) is 4.34 Å². The summed E-state index contributed by atoms with van der Waals surface area (Å²) in [5.74, 6) is 0. The van der Waals surface area contributed by atoms with E-state index < -0.39 is 0 Å². The molecule has 0 aliphatic heterocycles. The molecule has 1 aliphatic carbocycles. The molecule has 0 amide bonds. The molecule has 1 aliphatic rings. The summed E-state index contributed by atoms with van der Waals surface area (Å²) in [6, 6.07) is 2.07. The molecule has 17 heavy (non-hydrogen) atoms. The molecule has 0 atom stereocenters. The van der Waals surface area contributed by atoms with Crippen LogP contribution in [-0.4, -0.2) is 19.3 Å². The lowest BCUT2D eigenvalue weighted by Crippen LogP contribution is -2.21. The summed E-state index contributed by atoms with van der Waals surface area (Å²) >= 11 is 11.0. The average Bonchev–Trinajstić information content (AvgIpc) is 2.90. The Morgan fingerprint density at radius 2 is 2.24 bits per heavy atom. The van der Waals surface area contributed by atoms with Crippen LogP contribution >= 0.6 is 38.9 Å². The number of nitrogens with one attached hydrogen (secondary N) is 1. The molecule has 1 aromatic heterocycles. The Morgan fingerprint density at radius 1 is 1.47 bits per heavy atom. The van der Waals surface area contributed by atoms with Crippen LogP contribution in [0.1, 0.15) is 30.6 Å². The highest BCUT2D eigenvalue weighted by Gasteiger charge is 2.14. The second kappa shape index (κ2) is 7.10. The number of hydrogen-bond acceptors (Lipinski definition) is 3. The third-order valence-corrected chi connectivity index (χ3v) is 5.40. The molecule has 0 spiro atoms. The summed E-state index contributed by atoms with van der Waals surface area (Å²) in [5, 5.41) is 3.37. The van der Waals surface area contributed by atoms with Gasteiger partial charge in [-0.15, -0.1) is 11.3 Å². The molecule has 2 rings (SSSR count). The Labute approximate surface area is 120 Å². The van der Waals surface area contributed by atoms with Crippen molar-refractivity contribution in [2.24, 2.45) is 0 Å². The Balaban J connectivity index is 1.56. The number of thiophene rings is 1. The molecule has 0 aromatic carbocycles. The van der Waals surface area contributed by atoms with Gasteiger partial charge in [0.15, 0.2) is 0 Å². The van der Waals surface area contributed by atoms with Crippen LogP contribution in [0.25, 0.3) is 0 Å². The zero-order chi connectivity index (χ0) is 12.1. The number of halogens is 2. The van der Waals surface area contributed by atoms with Crippen molar-refractivity contribution in [1.29, 1.82) is 0 Å². The monoisotopic (exact) mass is 337 g/mol. The van der Waals surface area contributed by atoms with Gasteiger partial charge >= 0.3 is 0 Å². The van der Waals surface area contributed by atoms with Crippen LogP contribution < -0.4 is 5.32 Å². The topological polar surface area (TPSA) is 21.3 Å². The van der Waals surface area contributed by atoms with Crippen molar-refractivity contribution in [1.82, 2.24) is 5.32 Å². The van der Waals surface area contributed by atoms with Crippen LogP contribution in [0.3, 0.4) is 0 Å². The highest BCUT2D eigenvalue weighted by molar-refractivity contribution is 9.10. The SMILES string of the molecule is Clc1sc(CNCCOC2CCCC2)cc1Br. The molecular formula is C12H17BrClNOS. The van der Waals surface area contributed by atoms with Gasteiger partial charge in [0.2, 0.25) is 0 Å². The second-order valence-electron chi connectivity index (χ2n) is 4.29. The minimum atomic E-state index is 0.516. The maximum absolute atomic E-state index is 5.97. The van der Waals surface area contributed by atoms with E-state index in [-0.39, 0.29) is 0 Å². The highest BCUT2D eigenvalue weighted by Crippen LogP contribution is 2.31. The molecule has 0 bridgehead atoms. The van der Waals surface area contributed by atoms with Gasteiger partial charge in [0.1, 0.15) is 4.34 Å². The molecule has 0 unspecified atom stereocenters. The summed E-state index contributed by atoms with van der Waals surface area (Å²) in [7, 11) is 0. The lowest BCUT2D eigenvalue weighted by atomic mass is 10.3. The van der Waals surface area contributed by atoms with Gasteiger partial charge in [-0.25, -0.2) is 0 Å². The van der Waals surface area contributed by atoms with E-state index in [0.717, 1.165) is 28.5 Å². The van der Waals surface area contributed by atoms with Crippen molar-refractivity contribution in [2.75, 3.05) is 13.2 Å². The van der Waals surface area contributed by atoms with E-state index in [1.807, 2.05) is 0 Å². The molecule has 1 N–H and O–H groups in total. The van der Waals surface area contributed by atoms with Gasteiger partial charge in [-0.2, -0.15) is 0 Å². The van der Waals surface area contributed by atoms with E-state index in [4.69, 9.17) is 16.3 Å². The van der Waals surface area contributed by atoms with E-state index in [9.17, 15) is 0 Å². The smallest absolute Gasteiger partial charge is 0.107 e. The van der Waals surface area contributed by atoms with Gasteiger partial charge in [0.25, 0.3) is 0 Å². The van der Waals surface area contributed by atoms with Crippen LogP contribution in [-0.2, 0) is 11.3 Å². The minimum absolute atomic E-state index is 0.516. The molecule has 0 saturated heterocycles. The zero-order valence-electron chi connectivity index (χ0n) is 9.68. The first-order valence-electron chi connectivity index (χ1n) is 6.02. The van der Waals surface area contributed by atoms with Gasteiger partial charge < -0.3 is 10.1 Å². The van der Waals surface area contributed by atoms with E-state index in [0.29, 0.717) is 6.10 Å². The van der Waals surface area contributed by atoms with Crippen molar-refractivity contribution in [3.05, 3.63) is 19.8 Å².